The fourth-order valence-corrected chi connectivity index (χ4v) is 7.17. The molecule has 4 rings (SSSR count). The molecule has 4 aromatic rings. The average Bonchev–Trinajstić information content (AvgIpc) is 3.39. The van der Waals surface area contributed by atoms with E-state index >= 15 is 0 Å². The standard InChI is InChI=1S/C20H20N6SSe2/c1-3-7-15(8-4-1)21-19-25-23-17(28-19)11-13-27-14-12-18-24-26-20(29-18)22-16-9-5-2-6-10-16/h1-10H,11-14H2,(H,21,25)(H,22,26). The van der Waals surface area contributed by atoms with Crippen molar-refractivity contribution in [3.63, 3.8) is 0 Å². The number of aromatic nitrogens is 4. The van der Waals surface area contributed by atoms with Crippen LogP contribution in [-0.2, 0) is 12.8 Å². The minimum atomic E-state index is 0.209. The molecule has 0 bridgehead atoms. The first-order valence-corrected chi connectivity index (χ1v) is 13.8. The summed E-state index contributed by atoms with van der Waals surface area (Å²) in [6.45, 7) is 0. The van der Waals surface area contributed by atoms with Crippen molar-refractivity contribution in [3.8, 4) is 0 Å². The molecule has 0 atom stereocenters. The van der Waals surface area contributed by atoms with Crippen LogP contribution in [0.3, 0.4) is 0 Å². The Morgan fingerprint density at radius 1 is 0.621 bits per heavy atom. The Morgan fingerprint density at radius 3 is 1.52 bits per heavy atom. The van der Waals surface area contributed by atoms with E-state index in [0.717, 1.165) is 45.1 Å². The molecule has 0 saturated carbocycles. The van der Waals surface area contributed by atoms with Gasteiger partial charge in [0.05, 0.1) is 0 Å². The minimum absolute atomic E-state index is 0.209. The van der Waals surface area contributed by atoms with Crippen LogP contribution in [0.4, 0.5) is 20.8 Å². The van der Waals surface area contributed by atoms with Gasteiger partial charge >= 0.3 is 187 Å². The van der Waals surface area contributed by atoms with E-state index in [1.54, 1.807) is 0 Å². The third kappa shape index (κ3) is 6.56. The number of hydrogen-bond donors (Lipinski definition) is 2. The molecule has 0 fully saturated rings. The maximum absolute atomic E-state index is 4.35. The summed E-state index contributed by atoms with van der Waals surface area (Å²) >= 11 is 2.37. The van der Waals surface area contributed by atoms with E-state index in [4.69, 9.17) is 0 Å². The first-order chi connectivity index (χ1) is 14.3. The third-order valence-corrected chi connectivity index (χ3v) is 8.66. The third-order valence-electron chi connectivity index (χ3n) is 3.90. The molecule has 0 aliphatic carbocycles. The number of anilines is 4. The molecule has 148 valence electrons. The molecule has 0 aliphatic rings. The van der Waals surface area contributed by atoms with Gasteiger partial charge < -0.3 is 0 Å². The van der Waals surface area contributed by atoms with Crippen LogP contribution in [0.5, 0.6) is 0 Å². The first-order valence-electron chi connectivity index (χ1n) is 9.22. The summed E-state index contributed by atoms with van der Waals surface area (Å²) < 4.78 is 4.40. The Bertz CT molecular complexity index is 924. The van der Waals surface area contributed by atoms with Gasteiger partial charge in [0.25, 0.3) is 0 Å². The Hall–Kier alpha value is -1.89. The zero-order chi connectivity index (χ0) is 19.7. The zero-order valence-electron chi connectivity index (χ0n) is 15.6. The molecule has 0 unspecified atom stereocenters. The number of thioether (sulfide) groups is 1. The van der Waals surface area contributed by atoms with E-state index in [1.807, 2.05) is 72.4 Å². The van der Waals surface area contributed by atoms with Crippen LogP contribution in [0.25, 0.3) is 0 Å². The van der Waals surface area contributed by atoms with Crippen LogP contribution in [0.15, 0.2) is 60.7 Å². The van der Waals surface area contributed by atoms with E-state index in [0.29, 0.717) is 0 Å². The van der Waals surface area contributed by atoms with Gasteiger partial charge in [-0.2, -0.15) is 0 Å². The van der Waals surface area contributed by atoms with Crippen LogP contribution in [0, 0.1) is 0 Å². The monoisotopic (exact) mass is 536 g/mol. The predicted octanol–water partition coefficient (Wildman–Crippen LogP) is 3.39. The summed E-state index contributed by atoms with van der Waals surface area (Å²) in [7, 11) is 0. The SMILES string of the molecule is c1ccc(Nc2nnc(CCSCCc3nnc(Nc4ccccc4)[se]3)[se]2)cc1. The fourth-order valence-electron chi connectivity index (χ4n) is 2.52. The summed E-state index contributed by atoms with van der Waals surface area (Å²) in [4.78, 5) is 0. The van der Waals surface area contributed by atoms with E-state index in [1.165, 1.54) is 9.14 Å². The van der Waals surface area contributed by atoms with Crippen molar-refractivity contribution >= 4 is 61.5 Å². The Labute approximate surface area is 186 Å². The van der Waals surface area contributed by atoms with Crippen molar-refractivity contribution in [2.24, 2.45) is 0 Å². The van der Waals surface area contributed by atoms with Gasteiger partial charge in [0, 0.05) is 0 Å². The van der Waals surface area contributed by atoms with Gasteiger partial charge in [0.2, 0.25) is 0 Å². The molecule has 0 amide bonds. The molecule has 0 saturated heterocycles. The quantitative estimate of drug-likeness (QED) is 0.239. The van der Waals surface area contributed by atoms with Crippen molar-refractivity contribution in [3.05, 3.63) is 69.8 Å². The van der Waals surface area contributed by atoms with Crippen molar-refractivity contribution in [2.45, 2.75) is 12.8 Å². The van der Waals surface area contributed by atoms with E-state index in [9.17, 15) is 0 Å². The Balaban J connectivity index is 1.15. The molecule has 2 aromatic heterocycles. The van der Waals surface area contributed by atoms with Crippen LogP contribution in [0.2, 0.25) is 0 Å². The van der Waals surface area contributed by atoms with Crippen molar-refractivity contribution in [2.75, 3.05) is 22.1 Å². The summed E-state index contributed by atoms with van der Waals surface area (Å²) in [6, 6.07) is 20.3. The Kier molecular flexibility index (Phi) is 7.56. The van der Waals surface area contributed by atoms with E-state index in [-0.39, 0.29) is 29.0 Å². The Morgan fingerprint density at radius 2 is 1.07 bits per heavy atom. The molecule has 9 heteroatoms. The number of para-hydroxylation sites is 2. The van der Waals surface area contributed by atoms with E-state index < -0.39 is 0 Å². The normalized spacial score (nSPS) is 10.8. The second kappa shape index (κ2) is 10.8. The molecule has 0 radical (unpaired) electrons. The second-order valence-electron chi connectivity index (χ2n) is 6.10. The number of benzene rings is 2. The zero-order valence-corrected chi connectivity index (χ0v) is 19.9. The molecule has 2 N–H and O–H groups in total. The molecule has 2 aromatic carbocycles. The van der Waals surface area contributed by atoms with Gasteiger partial charge in [-0.05, 0) is 0 Å². The van der Waals surface area contributed by atoms with Crippen molar-refractivity contribution < 1.29 is 0 Å². The van der Waals surface area contributed by atoms with Gasteiger partial charge in [-0.15, -0.1) is 0 Å². The summed E-state index contributed by atoms with van der Waals surface area (Å²) in [5.74, 6) is 2.15. The molecular weight excluding hydrogens is 514 g/mol. The van der Waals surface area contributed by atoms with Gasteiger partial charge in [0.15, 0.2) is 0 Å². The summed E-state index contributed by atoms with van der Waals surface area (Å²) in [5.41, 5.74) is 2.14. The van der Waals surface area contributed by atoms with Crippen molar-refractivity contribution in [1.29, 1.82) is 0 Å². The fraction of sp³-hybridized carbons (Fsp3) is 0.200. The number of aryl methyl sites for hydroxylation is 2. The number of rotatable bonds is 10. The second-order valence-corrected chi connectivity index (χ2v) is 11.8. The summed E-state index contributed by atoms with van der Waals surface area (Å²) in [5, 5.41) is 24.0. The van der Waals surface area contributed by atoms with Gasteiger partial charge in [-0.25, -0.2) is 0 Å². The topological polar surface area (TPSA) is 75.6 Å². The molecular formula is C20H20N6SSe2. The average molecular weight is 534 g/mol. The van der Waals surface area contributed by atoms with Crippen molar-refractivity contribution in [1.82, 2.24) is 20.4 Å². The van der Waals surface area contributed by atoms with Crippen LogP contribution in [-0.4, -0.2) is 60.9 Å². The number of nitrogens with one attached hydrogen (secondary N) is 2. The van der Waals surface area contributed by atoms with Crippen LogP contribution < -0.4 is 10.6 Å². The molecule has 0 spiro atoms. The van der Waals surface area contributed by atoms with Gasteiger partial charge in [-0.1, -0.05) is 0 Å². The van der Waals surface area contributed by atoms with Gasteiger partial charge in [0.1, 0.15) is 0 Å². The molecule has 29 heavy (non-hydrogen) atoms. The van der Waals surface area contributed by atoms with Crippen LogP contribution in [0.1, 0.15) is 9.14 Å². The number of hydrogen-bond acceptors (Lipinski definition) is 7. The molecule has 0 aliphatic heterocycles. The first kappa shape index (κ1) is 20.4. The predicted molar refractivity (Wildman–Crippen MR) is 122 cm³/mol. The van der Waals surface area contributed by atoms with E-state index in [2.05, 4.69) is 31.0 Å². The van der Waals surface area contributed by atoms with Gasteiger partial charge in [-0.3, -0.25) is 0 Å². The molecule has 2 heterocycles. The summed E-state index contributed by atoms with van der Waals surface area (Å²) in [6.07, 6.45) is 2.01. The van der Waals surface area contributed by atoms with Crippen LogP contribution >= 0.6 is 11.8 Å². The molecule has 6 nitrogen and oxygen atoms in total. The maximum atomic E-state index is 4.35. The number of nitrogens with zero attached hydrogens (tertiary/aromatic N) is 4.